The first kappa shape index (κ1) is 18.7. The van der Waals surface area contributed by atoms with Gasteiger partial charge in [-0.3, -0.25) is 14.2 Å². The normalized spacial score (nSPS) is 10.6. The lowest BCUT2D eigenvalue weighted by Crippen LogP contribution is -2.39. The molecule has 3 rings (SSSR count). The number of amides is 1. The summed E-state index contributed by atoms with van der Waals surface area (Å²) in [5, 5.41) is 3.14. The third kappa shape index (κ3) is 4.17. The van der Waals surface area contributed by atoms with Crippen LogP contribution in [0.25, 0.3) is 0 Å². The van der Waals surface area contributed by atoms with E-state index in [9.17, 15) is 14.4 Å². The minimum absolute atomic E-state index is 0.0293. The van der Waals surface area contributed by atoms with E-state index in [1.165, 1.54) is 0 Å². The van der Waals surface area contributed by atoms with Crippen molar-refractivity contribution in [1.29, 1.82) is 0 Å². The van der Waals surface area contributed by atoms with Crippen molar-refractivity contribution in [3.63, 3.8) is 0 Å². The standard InChI is InChI=1S/C20H18ClN3O3/c1-12-7-13(2)9-15(8-12)23-18(25)16-10-22-20(27)24(19(16)26)11-14-5-3-4-6-17(14)21/h3-10H,11H2,1-2H3,(H,22,27)(H,23,25). The number of H-pyrrole nitrogens is 1. The summed E-state index contributed by atoms with van der Waals surface area (Å²) in [4.78, 5) is 39.8. The van der Waals surface area contributed by atoms with Gasteiger partial charge in [0.05, 0.1) is 6.54 Å². The van der Waals surface area contributed by atoms with E-state index in [0.717, 1.165) is 21.9 Å². The summed E-state index contributed by atoms with van der Waals surface area (Å²) in [5.41, 5.74) is 1.73. The Morgan fingerprint density at radius 3 is 2.44 bits per heavy atom. The molecular formula is C20H18ClN3O3. The van der Waals surface area contributed by atoms with Gasteiger partial charge >= 0.3 is 5.69 Å². The molecule has 27 heavy (non-hydrogen) atoms. The van der Waals surface area contributed by atoms with Gasteiger partial charge in [0.2, 0.25) is 0 Å². The van der Waals surface area contributed by atoms with Gasteiger partial charge in [-0.2, -0.15) is 0 Å². The second kappa shape index (κ2) is 7.63. The highest BCUT2D eigenvalue weighted by atomic mass is 35.5. The van der Waals surface area contributed by atoms with Crippen LogP contribution in [0.5, 0.6) is 0 Å². The minimum atomic E-state index is -0.680. The molecule has 1 amide bonds. The molecule has 1 aromatic heterocycles. The predicted octanol–water partition coefficient (Wildman–Crippen LogP) is 3.11. The number of hydrogen-bond donors (Lipinski definition) is 2. The van der Waals surface area contributed by atoms with Crippen molar-refractivity contribution in [1.82, 2.24) is 9.55 Å². The number of hydrogen-bond acceptors (Lipinski definition) is 3. The smallest absolute Gasteiger partial charge is 0.322 e. The fourth-order valence-corrected chi connectivity index (χ4v) is 3.06. The second-order valence-electron chi connectivity index (χ2n) is 6.32. The van der Waals surface area contributed by atoms with E-state index >= 15 is 0 Å². The highest BCUT2D eigenvalue weighted by molar-refractivity contribution is 6.31. The average Bonchev–Trinajstić information content (AvgIpc) is 2.59. The van der Waals surface area contributed by atoms with Gasteiger partial charge in [-0.05, 0) is 48.7 Å². The number of benzene rings is 2. The maximum Gasteiger partial charge on any atom is 0.328 e. The fourth-order valence-electron chi connectivity index (χ4n) is 2.86. The zero-order chi connectivity index (χ0) is 19.6. The molecule has 0 bridgehead atoms. The predicted molar refractivity (Wildman–Crippen MR) is 106 cm³/mol. The quantitative estimate of drug-likeness (QED) is 0.726. The van der Waals surface area contributed by atoms with Crippen LogP contribution in [0.3, 0.4) is 0 Å². The minimum Gasteiger partial charge on any atom is -0.322 e. The number of carbonyl (C=O) groups is 1. The summed E-state index contributed by atoms with van der Waals surface area (Å²) in [6, 6.07) is 12.5. The highest BCUT2D eigenvalue weighted by Gasteiger charge is 2.16. The Labute approximate surface area is 160 Å². The lowest BCUT2D eigenvalue weighted by atomic mass is 10.1. The molecule has 0 saturated carbocycles. The molecule has 0 aliphatic carbocycles. The Balaban J connectivity index is 1.95. The highest BCUT2D eigenvalue weighted by Crippen LogP contribution is 2.16. The third-order valence-electron chi connectivity index (χ3n) is 4.07. The van der Waals surface area contributed by atoms with Crippen LogP contribution < -0.4 is 16.6 Å². The van der Waals surface area contributed by atoms with Crippen LogP contribution in [0, 0.1) is 13.8 Å². The van der Waals surface area contributed by atoms with Crippen LogP contribution in [0.1, 0.15) is 27.0 Å². The van der Waals surface area contributed by atoms with E-state index in [0.29, 0.717) is 16.3 Å². The summed E-state index contributed by atoms with van der Waals surface area (Å²) in [6.07, 6.45) is 1.13. The first-order valence-corrected chi connectivity index (χ1v) is 8.68. The first-order chi connectivity index (χ1) is 12.8. The van der Waals surface area contributed by atoms with Crippen molar-refractivity contribution in [3.8, 4) is 0 Å². The van der Waals surface area contributed by atoms with Crippen LogP contribution in [0.4, 0.5) is 5.69 Å². The molecule has 0 unspecified atom stereocenters. The molecule has 6 nitrogen and oxygen atoms in total. The summed E-state index contributed by atoms with van der Waals surface area (Å²) < 4.78 is 0.956. The number of aromatic nitrogens is 2. The van der Waals surface area contributed by atoms with Crippen molar-refractivity contribution in [3.05, 3.63) is 96.8 Å². The van der Waals surface area contributed by atoms with Crippen LogP contribution in [0.15, 0.2) is 58.3 Å². The molecule has 0 spiro atoms. The number of carbonyl (C=O) groups excluding carboxylic acids is 1. The van der Waals surface area contributed by atoms with Crippen molar-refractivity contribution >= 4 is 23.2 Å². The van der Waals surface area contributed by atoms with E-state index in [4.69, 9.17) is 11.6 Å². The second-order valence-corrected chi connectivity index (χ2v) is 6.73. The summed E-state index contributed by atoms with van der Waals surface area (Å²) in [7, 11) is 0. The number of nitrogens with zero attached hydrogens (tertiary/aromatic N) is 1. The SMILES string of the molecule is Cc1cc(C)cc(NC(=O)c2c[nH]c(=O)n(Cc3ccccc3Cl)c2=O)c1. The van der Waals surface area contributed by atoms with E-state index in [1.54, 1.807) is 36.4 Å². The molecule has 2 N–H and O–H groups in total. The van der Waals surface area contributed by atoms with Crippen molar-refractivity contribution in [2.24, 2.45) is 0 Å². The molecule has 0 atom stereocenters. The Morgan fingerprint density at radius 1 is 1.11 bits per heavy atom. The summed E-state index contributed by atoms with van der Waals surface area (Å²) >= 11 is 6.11. The zero-order valence-electron chi connectivity index (χ0n) is 14.9. The van der Waals surface area contributed by atoms with E-state index in [-0.39, 0.29) is 12.1 Å². The van der Waals surface area contributed by atoms with Crippen LogP contribution in [-0.2, 0) is 6.54 Å². The number of rotatable bonds is 4. The molecule has 1 heterocycles. The molecule has 3 aromatic rings. The van der Waals surface area contributed by atoms with E-state index in [2.05, 4.69) is 10.3 Å². The molecule has 0 aliphatic heterocycles. The van der Waals surface area contributed by atoms with Gasteiger partial charge in [0.15, 0.2) is 0 Å². The van der Waals surface area contributed by atoms with Crippen molar-refractivity contribution < 1.29 is 4.79 Å². The van der Waals surface area contributed by atoms with Crippen LogP contribution >= 0.6 is 11.6 Å². The first-order valence-electron chi connectivity index (χ1n) is 8.31. The van der Waals surface area contributed by atoms with Gasteiger partial charge in [0.25, 0.3) is 11.5 Å². The molecule has 2 aromatic carbocycles. The lowest BCUT2D eigenvalue weighted by molar-refractivity contribution is 0.102. The monoisotopic (exact) mass is 383 g/mol. The lowest BCUT2D eigenvalue weighted by Gasteiger charge is -2.10. The van der Waals surface area contributed by atoms with Gasteiger partial charge in [-0.25, -0.2) is 4.79 Å². The number of aromatic amines is 1. The Hall–Kier alpha value is -3.12. The number of aryl methyl sites for hydroxylation is 2. The third-order valence-corrected chi connectivity index (χ3v) is 4.44. The molecule has 7 heteroatoms. The van der Waals surface area contributed by atoms with E-state index in [1.807, 2.05) is 19.9 Å². The number of nitrogens with one attached hydrogen (secondary N) is 2. The van der Waals surface area contributed by atoms with Gasteiger partial charge in [-0.15, -0.1) is 0 Å². The van der Waals surface area contributed by atoms with Gasteiger partial charge in [-0.1, -0.05) is 35.9 Å². The summed E-state index contributed by atoms with van der Waals surface area (Å²) in [6.45, 7) is 3.80. The fraction of sp³-hybridized carbons (Fsp3) is 0.150. The number of halogens is 1. The topological polar surface area (TPSA) is 84.0 Å². The molecule has 138 valence electrons. The molecule has 0 aliphatic rings. The van der Waals surface area contributed by atoms with E-state index < -0.39 is 17.2 Å². The van der Waals surface area contributed by atoms with Crippen LogP contribution in [0.2, 0.25) is 5.02 Å². The zero-order valence-corrected chi connectivity index (χ0v) is 15.6. The molecular weight excluding hydrogens is 366 g/mol. The average molecular weight is 384 g/mol. The van der Waals surface area contributed by atoms with Crippen molar-refractivity contribution in [2.75, 3.05) is 5.32 Å². The number of anilines is 1. The largest absolute Gasteiger partial charge is 0.328 e. The Morgan fingerprint density at radius 2 is 1.78 bits per heavy atom. The summed E-state index contributed by atoms with van der Waals surface area (Å²) in [5.74, 6) is -0.589. The Kier molecular flexibility index (Phi) is 5.28. The van der Waals surface area contributed by atoms with Crippen molar-refractivity contribution in [2.45, 2.75) is 20.4 Å². The molecule has 0 saturated heterocycles. The van der Waals surface area contributed by atoms with Gasteiger partial charge in [0, 0.05) is 16.9 Å². The van der Waals surface area contributed by atoms with Gasteiger partial charge in [0.1, 0.15) is 5.56 Å². The molecule has 0 radical (unpaired) electrons. The van der Waals surface area contributed by atoms with Crippen LogP contribution in [-0.4, -0.2) is 15.5 Å². The maximum atomic E-state index is 12.7. The maximum absolute atomic E-state index is 12.7. The molecule has 0 fully saturated rings. The van der Waals surface area contributed by atoms with Gasteiger partial charge < -0.3 is 10.3 Å². The Bertz CT molecular complexity index is 1110.